The van der Waals surface area contributed by atoms with Gasteiger partial charge in [-0.15, -0.1) is 0 Å². The van der Waals surface area contributed by atoms with Crippen molar-refractivity contribution in [1.29, 1.82) is 0 Å². The van der Waals surface area contributed by atoms with E-state index < -0.39 is 0 Å². The van der Waals surface area contributed by atoms with Crippen molar-refractivity contribution in [3.8, 4) is 34.0 Å². The van der Waals surface area contributed by atoms with E-state index in [0.29, 0.717) is 5.95 Å². The van der Waals surface area contributed by atoms with Crippen molar-refractivity contribution in [1.82, 2.24) is 19.1 Å². The van der Waals surface area contributed by atoms with Gasteiger partial charge >= 0.3 is 0 Å². The maximum atomic E-state index is 5.13. The highest BCUT2D eigenvalue weighted by Crippen LogP contribution is 2.40. The van der Waals surface area contributed by atoms with Gasteiger partial charge in [0.2, 0.25) is 5.95 Å². The molecule has 9 rings (SSSR count). The molecular weight excluding hydrogens is 536 g/mol. The van der Waals surface area contributed by atoms with Gasteiger partial charge in [0.25, 0.3) is 0 Å². The van der Waals surface area contributed by atoms with E-state index in [1.54, 1.807) is 0 Å². The summed E-state index contributed by atoms with van der Waals surface area (Å²) in [4.78, 5) is 9.98. The number of aromatic nitrogens is 4. The van der Waals surface area contributed by atoms with Gasteiger partial charge in [0.1, 0.15) is 0 Å². The zero-order valence-corrected chi connectivity index (χ0v) is 23.8. The van der Waals surface area contributed by atoms with Crippen LogP contribution in [0, 0.1) is 0 Å². The van der Waals surface area contributed by atoms with E-state index in [1.807, 2.05) is 30.5 Å². The summed E-state index contributed by atoms with van der Waals surface area (Å²) in [5, 5.41) is 4.75. The molecule has 3 heterocycles. The van der Waals surface area contributed by atoms with E-state index in [1.165, 1.54) is 38.1 Å². The van der Waals surface area contributed by atoms with Crippen LogP contribution in [0.2, 0.25) is 0 Å². The van der Waals surface area contributed by atoms with E-state index >= 15 is 0 Å². The third-order valence-corrected chi connectivity index (χ3v) is 8.59. The quantitative estimate of drug-likeness (QED) is 0.214. The molecule has 0 aliphatic rings. The van der Waals surface area contributed by atoms with Gasteiger partial charge < -0.3 is 4.57 Å². The predicted octanol–water partition coefficient (Wildman–Crippen LogP) is 10.0. The maximum absolute atomic E-state index is 5.13. The van der Waals surface area contributed by atoms with Gasteiger partial charge in [-0.3, -0.25) is 4.57 Å². The standard InChI is InChI=1S/C40H26N4/c1-4-12-27(13-5-1)29-20-21-32-34-25-38-33(31-18-10-11-19-36(31)43(38)30-16-8-3-9-17-30)26-39(34)44(37(32)24-29)40-41-23-22-35(42-40)28-14-6-2-7-15-28/h1-26H. The lowest BCUT2D eigenvalue weighted by Crippen LogP contribution is -2.02. The van der Waals surface area contributed by atoms with E-state index in [4.69, 9.17) is 9.97 Å². The van der Waals surface area contributed by atoms with Crippen LogP contribution in [-0.2, 0) is 0 Å². The molecule has 0 atom stereocenters. The first-order valence-corrected chi connectivity index (χ1v) is 14.8. The zero-order chi connectivity index (χ0) is 29.0. The van der Waals surface area contributed by atoms with Crippen LogP contribution in [0.1, 0.15) is 0 Å². The summed E-state index contributed by atoms with van der Waals surface area (Å²) in [5.41, 5.74) is 9.96. The van der Waals surface area contributed by atoms with Gasteiger partial charge in [0.15, 0.2) is 0 Å². The van der Waals surface area contributed by atoms with Crippen molar-refractivity contribution in [3.05, 3.63) is 158 Å². The molecule has 0 unspecified atom stereocenters. The van der Waals surface area contributed by atoms with Gasteiger partial charge in [0, 0.05) is 39.0 Å². The molecule has 0 amide bonds. The largest absolute Gasteiger partial charge is 0.309 e. The molecule has 44 heavy (non-hydrogen) atoms. The smallest absolute Gasteiger partial charge is 0.235 e. The highest BCUT2D eigenvalue weighted by atomic mass is 15.2. The number of fused-ring (bicyclic) bond motifs is 6. The fraction of sp³-hybridized carbons (Fsp3) is 0. The Labute approximate surface area is 254 Å². The molecule has 0 N–H and O–H groups in total. The second-order valence-electron chi connectivity index (χ2n) is 11.1. The Morgan fingerprint density at radius 1 is 0.386 bits per heavy atom. The van der Waals surface area contributed by atoms with Crippen LogP contribution in [0.25, 0.3) is 77.6 Å². The first kappa shape index (κ1) is 24.6. The van der Waals surface area contributed by atoms with Crippen molar-refractivity contribution in [2.45, 2.75) is 0 Å². The monoisotopic (exact) mass is 562 g/mol. The molecule has 0 spiro atoms. The highest BCUT2D eigenvalue weighted by Gasteiger charge is 2.20. The minimum atomic E-state index is 0.655. The molecule has 0 radical (unpaired) electrons. The minimum Gasteiger partial charge on any atom is -0.309 e. The van der Waals surface area contributed by atoms with Crippen molar-refractivity contribution in [2.24, 2.45) is 0 Å². The summed E-state index contributed by atoms with van der Waals surface area (Å²) in [7, 11) is 0. The molecule has 0 bridgehead atoms. The van der Waals surface area contributed by atoms with E-state index in [2.05, 4.69) is 137 Å². The summed E-state index contributed by atoms with van der Waals surface area (Å²) in [6, 6.07) is 53.5. The molecule has 0 saturated heterocycles. The second kappa shape index (κ2) is 9.79. The predicted molar refractivity (Wildman–Crippen MR) is 182 cm³/mol. The van der Waals surface area contributed by atoms with E-state index in [-0.39, 0.29) is 0 Å². The summed E-state index contributed by atoms with van der Waals surface area (Å²) < 4.78 is 4.61. The lowest BCUT2D eigenvalue weighted by molar-refractivity contribution is 0.992. The number of para-hydroxylation sites is 2. The lowest BCUT2D eigenvalue weighted by atomic mass is 10.0. The molecular formula is C40H26N4. The molecule has 0 aliphatic heterocycles. The molecule has 3 aromatic heterocycles. The number of hydrogen-bond acceptors (Lipinski definition) is 2. The second-order valence-corrected chi connectivity index (χ2v) is 11.1. The first-order chi connectivity index (χ1) is 21.8. The van der Waals surface area contributed by atoms with Crippen molar-refractivity contribution in [2.75, 3.05) is 0 Å². The van der Waals surface area contributed by atoms with Gasteiger partial charge in [-0.05, 0) is 53.6 Å². The van der Waals surface area contributed by atoms with Crippen molar-refractivity contribution >= 4 is 43.6 Å². The molecule has 0 saturated carbocycles. The molecule has 4 nitrogen and oxygen atoms in total. The molecule has 0 fully saturated rings. The SMILES string of the molecule is c1ccc(-c2ccc3c4cc5c(cc4n(-c4nccc(-c6ccccc6)n4)c3c2)c2ccccc2n5-c2ccccc2)cc1. The Hall–Kier alpha value is -6.00. The van der Waals surface area contributed by atoms with Gasteiger partial charge in [-0.25, -0.2) is 9.97 Å². The van der Waals surface area contributed by atoms with Crippen molar-refractivity contribution < 1.29 is 0 Å². The van der Waals surface area contributed by atoms with Crippen LogP contribution in [0.4, 0.5) is 0 Å². The number of hydrogen-bond donors (Lipinski definition) is 0. The summed E-state index contributed by atoms with van der Waals surface area (Å²) >= 11 is 0. The van der Waals surface area contributed by atoms with Crippen LogP contribution >= 0.6 is 0 Å². The van der Waals surface area contributed by atoms with Gasteiger partial charge in [-0.2, -0.15) is 0 Å². The Morgan fingerprint density at radius 2 is 0.977 bits per heavy atom. The first-order valence-electron chi connectivity index (χ1n) is 14.8. The fourth-order valence-corrected chi connectivity index (χ4v) is 6.59. The highest BCUT2D eigenvalue weighted by molar-refractivity contribution is 6.19. The van der Waals surface area contributed by atoms with Crippen LogP contribution in [0.3, 0.4) is 0 Å². The molecule has 4 heteroatoms. The van der Waals surface area contributed by atoms with E-state index in [0.717, 1.165) is 33.5 Å². The molecule has 9 aromatic rings. The summed E-state index contributed by atoms with van der Waals surface area (Å²) in [6.45, 7) is 0. The number of benzene rings is 6. The topological polar surface area (TPSA) is 35.6 Å². The third kappa shape index (κ3) is 3.78. The van der Waals surface area contributed by atoms with Crippen LogP contribution in [0.15, 0.2) is 158 Å². The summed E-state index contributed by atoms with van der Waals surface area (Å²) in [5.74, 6) is 0.655. The van der Waals surface area contributed by atoms with Crippen molar-refractivity contribution in [3.63, 3.8) is 0 Å². The number of rotatable bonds is 4. The Kier molecular flexibility index (Phi) is 5.47. The Balaban J connectivity index is 1.40. The average Bonchev–Trinajstić information content (AvgIpc) is 3.60. The normalized spacial score (nSPS) is 11.6. The Bertz CT molecular complexity index is 2470. The Morgan fingerprint density at radius 3 is 1.73 bits per heavy atom. The minimum absolute atomic E-state index is 0.655. The van der Waals surface area contributed by atoms with Crippen LogP contribution < -0.4 is 0 Å². The number of nitrogens with zero attached hydrogens (tertiary/aromatic N) is 4. The summed E-state index contributed by atoms with van der Waals surface area (Å²) in [6.07, 6.45) is 1.86. The van der Waals surface area contributed by atoms with Gasteiger partial charge in [-0.1, -0.05) is 109 Å². The lowest BCUT2D eigenvalue weighted by Gasteiger charge is -2.09. The zero-order valence-electron chi connectivity index (χ0n) is 23.8. The maximum Gasteiger partial charge on any atom is 0.235 e. The molecule has 0 aliphatic carbocycles. The fourth-order valence-electron chi connectivity index (χ4n) is 6.59. The molecule has 6 aromatic carbocycles. The average molecular weight is 563 g/mol. The third-order valence-electron chi connectivity index (χ3n) is 8.59. The molecule has 206 valence electrons. The van der Waals surface area contributed by atoms with Crippen LogP contribution in [0.5, 0.6) is 0 Å². The van der Waals surface area contributed by atoms with Crippen LogP contribution in [-0.4, -0.2) is 19.1 Å². The van der Waals surface area contributed by atoms with E-state index in [9.17, 15) is 0 Å². The van der Waals surface area contributed by atoms with Gasteiger partial charge in [0.05, 0.1) is 27.8 Å².